The number of aromatic amines is 1. The molecule has 3 aromatic heterocycles. The summed E-state index contributed by atoms with van der Waals surface area (Å²) in [6, 6.07) is 1.58. The lowest BCUT2D eigenvalue weighted by Crippen LogP contribution is -2.16. The maximum Gasteiger partial charge on any atom is 0.340 e. The number of esters is 1. The number of nitrogens with one attached hydrogen (secondary N) is 1. The zero-order valence-corrected chi connectivity index (χ0v) is 18.0. The van der Waals surface area contributed by atoms with E-state index in [0.717, 1.165) is 0 Å². The molecular formula is C18H18Cl2N4O3S. The summed E-state index contributed by atoms with van der Waals surface area (Å²) in [6.45, 7) is 7.24. The fraction of sp³-hybridized carbons (Fsp3) is 0.333. The number of Topliss-reactive ketones (excluding diaryl/α,β-unsaturated/α-hetero) is 1. The number of halogens is 2. The van der Waals surface area contributed by atoms with E-state index in [-0.39, 0.29) is 12.4 Å². The van der Waals surface area contributed by atoms with Crippen LogP contribution in [0.1, 0.15) is 46.0 Å². The number of H-pyrrole nitrogens is 1. The molecule has 28 heavy (non-hydrogen) atoms. The average molecular weight is 441 g/mol. The van der Waals surface area contributed by atoms with Crippen LogP contribution in [0.15, 0.2) is 17.4 Å². The summed E-state index contributed by atoms with van der Waals surface area (Å²) >= 11 is 13.4. The molecule has 0 radical (unpaired) electrons. The molecule has 0 aliphatic carbocycles. The van der Waals surface area contributed by atoms with Crippen LogP contribution in [-0.2, 0) is 4.74 Å². The van der Waals surface area contributed by atoms with Crippen LogP contribution < -0.4 is 0 Å². The summed E-state index contributed by atoms with van der Waals surface area (Å²) in [4.78, 5) is 28.2. The van der Waals surface area contributed by atoms with Gasteiger partial charge in [0.1, 0.15) is 0 Å². The fourth-order valence-corrected chi connectivity index (χ4v) is 4.29. The molecule has 0 saturated carbocycles. The Morgan fingerprint density at radius 1 is 1.32 bits per heavy atom. The van der Waals surface area contributed by atoms with Crippen molar-refractivity contribution in [2.24, 2.45) is 0 Å². The van der Waals surface area contributed by atoms with Gasteiger partial charge in [0, 0.05) is 11.9 Å². The first-order valence-electron chi connectivity index (χ1n) is 8.51. The van der Waals surface area contributed by atoms with Gasteiger partial charge in [-0.2, -0.15) is 0 Å². The number of ketones is 1. The van der Waals surface area contributed by atoms with Crippen LogP contribution in [-0.4, -0.2) is 43.2 Å². The second kappa shape index (κ2) is 8.14. The minimum absolute atomic E-state index is 0.161. The molecule has 148 valence electrons. The number of thioether (sulfide) groups is 1. The van der Waals surface area contributed by atoms with Crippen molar-refractivity contribution >= 4 is 52.4 Å². The number of carbonyl (C=O) groups is 2. The Labute approximate surface area is 175 Å². The highest BCUT2D eigenvalue weighted by Crippen LogP contribution is 2.30. The zero-order chi connectivity index (χ0) is 20.6. The number of aromatic nitrogens is 4. The fourth-order valence-electron chi connectivity index (χ4n) is 2.90. The van der Waals surface area contributed by atoms with Crippen molar-refractivity contribution in [3.8, 4) is 0 Å². The Kier molecular flexibility index (Phi) is 6.02. The van der Waals surface area contributed by atoms with E-state index in [1.807, 2.05) is 0 Å². The number of pyridine rings is 1. The molecule has 0 spiro atoms. The monoisotopic (exact) mass is 440 g/mol. The van der Waals surface area contributed by atoms with Gasteiger partial charge in [-0.25, -0.2) is 4.79 Å². The van der Waals surface area contributed by atoms with Gasteiger partial charge in [-0.15, -0.1) is 10.2 Å². The predicted octanol–water partition coefficient (Wildman–Crippen LogP) is 4.52. The number of aryl methyl sites for hydroxylation is 1. The van der Waals surface area contributed by atoms with Crippen molar-refractivity contribution < 1.29 is 14.3 Å². The predicted molar refractivity (Wildman–Crippen MR) is 109 cm³/mol. The molecule has 0 fully saturated rings. The lowest BCUT2D eigenvalue weighted by atomic mass is 10.1. The quantitative estimate of drug-likeness (QED) is 0.344. The van der Waals surface area contributed by atoms with Gasteiger partial charge < -0.3 is 9.72 Å². The molecule has 0 aliphatic rings. The molecule has 0 aliphatic heterocycles. The summed E-state index contributed by atoms with van der Waals surface area (Å²) in [7, 11) is 0. The van der Waals surface area contributed by atoms with Gasteiger partial charge in [0.25, 0.3) is 0 Å². The minimum atomic E-state index is -0.489. The number of nitrogens with zero attached hydrogens (tertiary/aromatic N) is 3. The average Bonchev–Trinajstić information content (AvgIpc) is 3.15. The number of hydrogen-bond acceptors (Lipinski definition) is 6. The van der Waals surface area contributed by atoms with Crippen molar-refractivity contribution in [3.63, 3.8) is 0 Å². The highest BCUT2D eigenvalue weighted by molar-refractivity contribution is 8.00. The number of rotatable bonds is 6. The molecule has 3 rings (SSSR count). The SMILES string of the molecule is CCOC(=O)c1c(C)[nH]c(C(=O)C(C)Sc2nnc3c(Cl)cc(Cl)cn23)c1C. The molecule has 1 N–H and O–H groups in total. The lowest BCUT2D eigenvalue weighted by molar-refractivity contribution is 0.0525. The van der Waals surface area contributed by atoms with Crippen LogP contribution in [0.5, 0.6) is 0 Å². The van der Waals surface area contributed by atoms with E-state index in [0.29, 0.717) is 43.4 Å². The van der Waals surface area contributed by atoms with Crippen molar-refractivity contribution in [2.75, 3.05) is 6.61 Å². The van der Waals surface area contributed by atoms with E-state index >= 15 is 0 Å². The van der Waals surface area contributed by atoms with Crippen LogP contribution in [0.2, 0.25) is 10.0 Å². The van der Waals surface area contributed by atoms with E-state index in [2.05, 4.69) is 15.2 Å². The lowest BCUT2D eigenvalue weighted by Gasteiger charge is -2.09. The molecule has 10 heteroatoms. The Hall–Kier alpha value is -2.03. The molecule has 3 aromatic rings. The molecule has 1 atom stereocenters. The van der Waals surface area contributed by atoms with Gasteiger partial charge in [0.05, 0.1) is 33.2 Å². The summed E-state index contributed by atoms with van der Waals surface area (Å²) in [5, 5.41) is 8.97. The Morgan fingerprint density at radius 2 is 2.04 bits per heavy atom. The van der Waals surface area contributed by atoms with Crippen LogP contribution in [0.4, 0.5) is 0 Å². The zero-order valence-electron chi connectivity index (χ0n) is 15.7. The Morgan fingerprint density at radius 3 is 2.71 bits per heavy atom. The van der Waals surface area contributed by atoms with Gasteiger partial charge in [-0.3, -0.25) is 9.20 Å². The van der Waals surface area contributed by atoms with Gasteiger partial charge >= 0.3 is 5.97 Å². The highest BCUT2D eigenvalue weighted by atomic mass is 35.5. The van der Waals surface area contributed by atoms with Crippen molar-refractivity contribution in [2.45, 2.75) is 38.1 Å². The van der Waals surface area contributed by atoms with Crippen LogP contribution in [0, 0.1) is 13.8 Å². The first kappa shape index (κ1) is 20.7. The smallest absolute Gasteiger partial charge is 0.340 e. The van der Waals surface area contributed by atoms with E-state index in [1.165, 1.54) is 11.8 Å². The van der Waals surface area contributed by atoms with Crippen molar-refractivity contribution in [3.05, 3.63) is 44.8 Å². The molecule has 1 unspecified atom stereocenters. The van der Waals surface area contributed by atoms with E-state index in [4.69, 9.17) is 27.9 Å². The number of carbonyl (C=O) groups excluding carboxylic acids is 2. The largest absolute Gasteiger partial charge is 0.462 e. The standard InChI is InChI=1S/C18H18Cl2N4O3S/c1-5-27-17(26)13-8(2)14(21-9(13)3)15(25)10(4)28-18-23-22-16-12(20)6-11(19)7-24(16)18/h6-7,10,21H,5H2,1-4H3. The second-order valence-corrected chi connectivity index (χ2v) is 8.30. The van der Waals surface area contributed by atoms with Gasteiger partial charge in [0.2, 0.25) is 0 Å². The summed E-state index contributed by atoms with van der Waals surface area (Å²) in [5.74, 6) is -0.605. The molecule has 7 nitrogen and oxygen atoms in total. The summed E-state index contributed by atoms with van der Waals surface area (Å²) < 4.78 is 6.73. The van der Waals surface area contributed by atoms with Gasteiger partial charge in [-0.05, 0) is 39.3 Å². The van der Waals surface area contributed by atoms with E-state index in [1.54, 1.807) is 44.4 Å². The third-order valence-corrected chi connectivity index (χ3v) is 5.75. The first-order valence-corrected chi connectivity index (χ1v) is 10.1. The third-order valence-electron chi connectivity index (χ3n) is 4.21. The maximum absolute atomic E-state index is 13.0. The topological polar surface area (TPSA) is 89.4 Å². The Bertz CT molecular complexity index is 1080. The van der Waals surface area contributed by atoms with Crippen molar-refractivity contribution in [1.82, 2.24) is 19.6 Å². The van der Waals surface area contributed by atoms with Gasteiger partial charge in [0.15, 0.2) is 16.6 Å². The van der Waals surface area contributed by atoms with Crippen LogP contribution in [0.25, 0.3) is 5.65 Å². The first-order chi connectivity index (χ1) is 13.2. The maximum atomic E-state index is 13.0. The van der Waals surface area contributed by atoms with Crippen LogP contribution >= 0.6 is 35.0 Å². The number of ether oxygens (including phenoxy) is 1. The molecule has 0 bridgehead atoms. The van der Waals surface area contributed by atoms with Gasteiger partial charge in [-0.1, -0.05) is 35.0 Å². The molecule has 0 aromatic carbocycles. The van der Waals surface area contributed by atoms with E-state index in [9.17, 15) is 9.59 Å². The summed E-state index contributed by atoms with van der Waals surface area (Å²) in [5.41, 5.74) is 2.41. The van der Waals surface area contributed by atoms with Crippen LogP contribution in [0.3, 0.4) is 0 Å². The normalized spacial score (nSPS) is 12.4. The second-order valence-electron chi connectivity index (χ2n) is 6.15. The molecular weight excluding hydrogens is 423 g/mol. The third kappa shape index (κ3) is 3.76. The van der Waals surface area contributed by atoms with Crippen molar-refractivity contribution in [1.29, 1.82) is 0 Å². The highest BCUT2D eigenvalue weighted by Gasteiger charge is 2.27. The molecule has 0 amide bonds. The Balaban J connectivity index is 1.88. The number of fused-ring (bicyclic) bond motifs is 1. The molecule has 0 saturated heterocycles. The summed E-state index contributed by atoms with van der Waals surface area (Å²) in [6.07, 6.45) is 1.64. The minimum Gasteiger partial charge on any atom is -0.462 e. The number of hydrogen-bond donors (Lipinski definition) is 1. The molecule has 3 heterocycles. The van der Waals surface area contributed by atoms with E-state index < -0.39 is 11.2 Å².